The second-order valence-corrected chi connectivity index (χ2v) is 8.93. The minimum atomic E-state index is -3.65. The smallest absolute Gasteiger partial charge is 0.254 e. The van der Waals surface area contributed by atoms with Crippen molar-refractivity contribution in [2.24, 2.45) is 0 Å². The van der Waals surface area contributed by atoms with Gasteiger partial charge in [-0.1, -0.05) is 6.92 Å². The van der Waals surface area contributed by atoms with Crippen molar-refractivity contribution in [3.8, 4) is 0 Å². The Morgan fingerprint density at radius 2 is 1.68 bits per heavy atom. The van der Waals surface area contributed by atoms with E-state index >= 15 is 0 Å². The first-order chi connectivity index (χ1) is 11.7. The summed E-state index contributed by atoms with van der Waals surface area (Å²) in [4.78, 5) is 27.9. The molecule has 0 bridgehead atoms. The highest BCUT2D eigenvalue weighted by atomic mass is 79.9. The predicted octanol–water partition coefficient (Wildman–Crippen LogP) is 1.39. The molecular weight excluding hydrogens is 410 g/mol. The van der Waals surface area contributed by atoms with E-state index in [2.05, 4.69) is 15.9 Å². The molecule has 0 aliphatic carbocycles. The van der Waals surface area contributed by atoms with Gasteiger partial charge in [-0.25, -0.2) is 12.7 Å². The maximum Gasteiger partial charge on any atom is 0.254 e. The van der Waals surface area contributed by atoms with Crippen molar-refractivity contribution >= 4 is 37.8 Å². The van der Waals surface area contributed by atoms with Crippen LogP contribution in [-0.4, -0.2) is 74.6 Å². The summed E-state index contributed by atoms with van der Waals surface area (Å²) in [5.41, 5.74) is 0.318. The van der Waals surface area contributed by atoms with Crippen molar-refractivity contribution in [1.82, 2.24) is 14.1 Å². The van der Waals surface area contributed by atoms with Crippen LogP contribution in [0.15, 0.2) is 27.6 Å². The zero-order valence-corrected chi connectivity index (χ0v) is 16.9. The van der Waals surface area contributed by atoms with Gasteiger partial charge in [-0.2, -0.15) is 0 Å². The number of benzene rings is 1. The molecule has 1 aliphatic rings. The average molecular weight is 432 g/mol. The van der Waals surface area contributed by atoms with E-state index in [9.17, 15) is 18.0 Å². The second-order valence-electron chi connectivity index (χ2n) is 5.96. The third-order valence-corrected chi connectivity index (χ3v) is 6.97. The Bertz CT molecular complexity index is 772. The van der Waals surface area contributed by atoms with Crippen molar-refractivity contribution in [3.05, 3.63) is 28.2 Å². The topological polar surface area (TPSA) is 78.0 Å². The Morgan fingerprint density at radius 3 is 2.20 bits per heavy atom. The molecule has 0 unspecified atom stereocenters. The molecule has 0 aromatic heterocycles. The molecule has 0 atom stereocenters. The molecule has 9 heteroatoms. The van der Waals surface area contributed by atoms with E-state index in [0.717, 1.165) is 4.31 Å². The van der Waals surface area contributed by atoms with Crippen molar-refractivity contribution in [3.63, 3.8) is 0 Å². The number of hydrogen-bond acceptors (Lipinski definition) is 4. The third-order valence-electron chi connectivity index (χ3n) is 4.16. The van der Waals surface area contributed by atoms with Crippen LogP contribution in [-0.2, 0) is 14.8 Å². The molecular formula is C16H22BrN3O4S. The van der Waals surface area contributed by atoms with Crippen molar-refractivity contribution < 1.29 is 18.0 Å². The summed E-state index contributed by atoms with van der Waals surface area (Å²) >= 11 is 3.24. The van der Waals surface area contributed by atoms with Gasteiger partial charge in [-0.15, -0.1) is 0 Å². The fourth-order valence-electron chi connectivity index (χ4n) is 2.60. The zero-order valence-electron chi connectivity index (χ0n) is 14.5. The molecule has 1 aliphatic heterocycles. The predicted molar refractivity (Wildman–Crippen MR) is 97.8 cm³/mol. The first-order valence-corrected chi connectivity index (χ1v) is 10.2. The van der Waals surface area contributed by atoms with Gasteiger partial charge in [0.25, 0.3) is 5.91 Å². The van der Waals surface area contributed by atoms with Gasteiger partial charge in [0.2, 0.25) is 15.9 Å². The molecule has 0 radical (unpaired) electrons. The molecule has 2 amide bonds. The summed E-state index contributed by atoms with van der Waals surface area (Å²) in [6.45, 7) is 3.69. The lowest BCUT2D eigenvalue weighted by molar-refractivity contribution is -0.132. The Labute approximate surface area is 156 Å². The van der Waals surface area contributed by atoms with Crippen LogP contribution in [0.3, 0.4) is 0 Å². The van der Waals surface area contributed by atoms with Crippen LogP contribution < -0.4 is 0 Å². The largest absolute Gasteiger partial charge is 0.339 e. The standard InChI is InChI=1S/C16H22BrN3O4S/c1-4-15(21)19-7-9-20(10-8-19)16(22)12-5-6-13(17)14(11-12)25(23,24)18(2)3/h5-6,11H,4,7-10H2,1-3H3. The summed E-state index contributed by atoms with van der Waals surface area (Å²) in [5, 5.41) is 0. The lowest BCUT2D eigenvalue weighted by Crippen LogP contribution is -2.50. The molecule has 0 saturated carbocycles. The van der Waals surface area contributed by atoms with Gasteiger partial charge < -0.3 is 9.80 Å². The van der Waals surface area contributed by atoms with Crippen LogP contribution in [0, 0.1) is 0 Å². The minimum absolute atomic E-state index is 0.0585. The van der Waals surface area contributed by atoms with Crippen LogP contribution in [0.1, 0.15) is 23.7 Å². The molecule has 1 saturated heterocycles. The van der Waals surface area contributed by atoms with Crippen molar-refractivity contribution in [1.29, 1.82) is 0 Å². The molecule has 138 valence electrons. The molecule has 7 nitrogen and oxygen atoms in total. The van der Waals surface area contributed by atoms with Crippen LogP contribution in [0.25, 0.3) is 0 Å². The maximum atomic E-state index is 12.7. The first kappa shape index (κ1) is 19.9. The van der Waals surface area contributed by atoms with Gasteiger partial charge in [0.15, 0.2) is 0 Å². The summed E-state index contributed by atoms with van der Waals surface area (Å²) in [6.07, 6.45) is 0.451. The minimum Gasteiger partial charge on any atom is -0.339 e. The van der Waals surface area contributed by atoms with Gasteiger partial charge in [-0.05, 0) is 34.1 Å². The number of halogens is 1. The number of rotatable bonds is 4. The Hall–Kier alpha value is -1.45. The molecule has 1 fully saturated rings. The van der Waals surface area contributed by atoms with Gasteiger partial charge in [-0.3, -0.25) is 9.59 Å². The normalized spacial score (nSPS) is 15.6. The summed E-state index contributed by atoms with van der Waals surface area (Å²) < 4.78 is 26.3. The Morgan fingerprint density at radius 1 is 1.12 bits per heavy atom. The monoisotopic (exact) mass is 431 g/mol. The lowest BCUT2D eigenvalue weighted by Gasteiger charge is -2.34. The third kappa shape index (κ3) is 4.21. The fourth-order valence-corrected chi connectivity index (χ4v) is 4.44. The molecule has 1 aromatic carbocycles. The van der Waals surface area contributed by atoms with Gasteiger partial charge in [0.05, 0.1) is 4.90 Å². The molecule has 25 heavy (non-hydrogen) atoms. The van der Waals surface area contributed by atoms with Crippen LogP contribution in [0.4, 0.5) is 0 Å². The highest BCUT2D eigenvalue weighted by molar-refractivity contribution is 9.10. The molecule has 0 N–H and O–H groups in total. The Balaban J connectivity index is 2.20. The van der Waals surface area contributed by atoms with E-state index in [4.69, 9.17) is 0 Å². The van der Waals surface area contributed by atoms with E-state index in [-0.39, 0.29) is 16.7 Å². The highest BCUT2D eigenvalue weighted by Crippen LogP contribution is 2.26. The van der Waals surface area contributed by atoms with Gasteiger partial charge >= 0.3 is 0 Å². The van der Waals surface area contributed by atoms with E-state index in [1.165, 1.54) is 20.2 Å². The molecule has 1 heterocycles. The highest BCUT2D eigenvalue weighted by Gasteiger charge is 2.26. The number of amides is 2. The number of carbonyl (C=O) groups is 2. The first-order valence-electron chi connectivity index (χ1n) is 7.97. The van der Waals surface area contributed by atoms with Crippen LogP contribution in [0.2, 0.25) is 0 Å². The van der Waals surface area contributed by atoms with E-state index in [1.807, 2.05) is 6.92 Å². The lowest BCUT2D eigenvalue weighted by atomic mass is 10.2. The number of piperazine rings is 1. The molecule has 2 rings (SSSR count). The van der Waals surface area contributed by atoms with Crippen LogP contribution in [0.5, 0.6) is 0 Å². The van der Waals surface area contributed by atoms with Gasteiger partial charge in [0.1, 0.15) is 0 Å². The SMILES string of the molecule is CCC(=O)N1CCN(C(=O)c2ccc(Br)c(S(=O)(=O)N(C)C)c2)CC1. The maximum absolute atomic E-state index is 12.7. The number of nitrogens with zero attached hydrogens (tertiary/aromatic N) is 3. The quantitative estimate of drug-likeness (QED) is 0.721. The van der Waals surface area contributed by atoms with E-state index in [0.29, 0.717) is 42.6 Å². The van der Waals surface area contributed by atoms with Gasteiger partial charge in [0, 0.05) is 56.7 Å². The van der Waals surface area contributed by atoms with Crippen molar-refractivity contribution in [2.45, 2.75) is 18.2 Å². The summed E-state index contributed by atoms with van der Waals surface area (Å²) in [6, 6.07) is 4.57. The summed E-state index contributed by atoms with van der Waals surface area (Å²) in [5.74, 6) is -0.151. The number of hydrogen-bond donors (Lipinski definition) is 0. The zero-order chi connectivity index (χ0) is 18.8. The van der Waals surface area contributed by atoms with E-state index < -0.39 is 10.0 Å². The fraction of sp³-hybridized carbons (Fsp3) is 0.500. The van der Waals surface area contributed by atoms with Crippen molar-refractivity contribution in [2.75, 3.05) is 40.3 Å². The molecule has 1 aromatic rings. The summed E-state index contributed by atoms with van der Waals surface area (Å²) in [7, 11) is -0.766. The average Bonchev–Trinajstić information content (AvgIpc) is 2.60. The number of sulfonamides is 1. The second kappa shape index (κ2) is 7.84. The van der Waals surface area contributed by atoms with E-state index in [1.54, 1.807) is 21.9 Å². The molecule has 0 spiro atoms. The van der Waals surface area contributed by atoms with Crippen LogP contribution >= 0.6 is 15.9 Å². The number of carbonyl (C=O) groups excluding carboxylic acids is 2. The Kier molecular flexibility index (Phi) is 6.23.